The van der Waals surface area contributed by atoms with Crippen LogP contribution in [0.5, 0.6) is 11.5 Å². The van der Waals surface area contributed by atoms with Gasteiger partial charge >= 0.3 is 43.1 Å². The van der Waals surface area contributed by atoms with E-state index in [1.54, 1.807) is 19.2 Å². The van der Waals surface area contributed by atoms with Gasteiger partial charge in [-0.2, -0.15) is 4.89 Å². The van der Waals surface area contributed by atoms with Gasteiger partial charge in [-0.3, -0.25) is 10.1 Å². The molecule has 7 rings (SSSR count). The number of nitro groups is 1. The zero-order valence-corrected chi connectivity index (χ0v) is 22.9. The van der Waals surface area contributed by atoms with Crippen molar-refractivity contribution in [3.63, 3.8) is 0 Å². The van der Waals surface area contributed by atoms with Crippen molar-refractivity contribution in [2.24, 2.45) is 23.7 Å². The van der Waals surface area contributed by atoms with Crippen molar-refractivity contribution in [3.8, 4) is 11.5 Å². The maximum absolute atomic E-state index is 12.6. The second-order valence-electron chi connectivity index (χ2n) is 9.97. The molecule has 10 nitrogen and oxygen atoms in total. The Balaban J connectivity index is 0.00000267. The summed E-state index contributed by atoms with van der Waals surface area (Å²) in [6.45, 7) is 0. The molecule has 1 heterocycles. The molecule has 2 unspecified atom stereocenters. The first-order valence-corrected chi connectivity index (χ1v) is 13.2. The molecule has 4 saturated carbocycles. The summed E-state index contributed by atoms with van der Waals surface area (Å²) in [5, 5.41) is 11.2. The summed E-state index contributed by atoms with van der Waals surface area (Å²) < 4.78 is 28.7. The van der Waals surface area contributed by atoms with Crippen LogP contribution < -0.4 is 43.5 Å². The maximum atomic E-state index is 12.6. The summed E-state index contributed by atoms with van der Waals surface area (Å²) in [4.78, 5) is 34.8. The van der Waals surface area contributed by atoms with E-state index in [-0.39, 0.29) is 35.3 Å². The van der Waals surface area contributed by atoms with Gasteiger partial charge in [0.05, 0.1) is 4.92 Å². The van der Waals surface area contributed by atoms with Gasteiger partial charge in [-0.05, 0) is 74.0 Å². The monoisotopic (exact) mass is 525 g/mol. The van der Waals surface area contributed by atoms with Crippen molar-refractivity contribution in [3.05, 3.63) is 64.2 Å². The van der Waals surface area contributed by atoms with Crippen LogP contribution in [0.25, 0.3) is 0 Å². The molecule has 1 spiro atoms. The molecule has 5 aliphatic rings. The normalized spacial score (nSPS) is 35.4. The van der Waals surface area contributed by atoms with E-state index in [9.17, 15) is 19.6 Å². The average molecular weight is 525 g/mol. The van der Waals surface area contributed by atoms with Crippen molar-refractivity contribution >= 4 is 13.5 Å². The fourth-order valence-electron chi connectivity index (χ4n) is 7.07. The Morgan fingerprint density at radius 2 is 1.64 bits per heavy atom. The number of ether oxygens (including phenoxy) is 1. The maximum Gasteiger partial charge on any atom is 1.00 e. The third-order valence-electron chi connectivity index (χ3n) is 8.15. The largest absolute Gasteiger partial charge is 1.00 e. The Hall–Kier alpha value is -1.49. The zero-order chi connectivity index (χ0) is 24.4. The summed E-state index contributed by atoms with van der Waals surface area (Å²) in [7, 11) is -3.43. The third kappa shape index (κ3) is 3.94. The Kier molecular flexibility index (Phi) is 6.79. The van der Waals surface area contributed by atoms with Gasteiger partial charge in [-0.15, -0.1) is 0 Å². The summed E-state index contributed by atoms with van der Waals surface area (Å²) in [6, 6.07) is 11.6. The molecule has 5 fully saturated rings. The number of nitrogens with zero attached hydrogens (tertiary/aromatic N) is 1. The van der Waals surface area contributed by atoms with Crippen LogP contribution in [0.1, 0.15) is 37.7 Å². The molecule has 1 saturated heterocycles. The van der Waals surface area contributed by atoms with Crippen LogP contribution in [0.3, 0.4) is 0 Å². The van der Waals surface area contributed by atoms with E-state index >= 15 is 0 Å². The molecule has 2 aromatic carbocycles. The van der Waals surface area contributed by atoms with Crippen LogP contribution in [-0.4, -0.2) is 17.6 Å². The van der Waals surface area contributed by atoms with E-state index in [0.29, 0.717) is 29.2 Å². The molecular formula is C24H25NNaO9P. The van der Waals surface area contributed by atoms with E-state index < -0.39 is 35.6 Å². The number of hydrogen-bond donors (Lipinski definition) is 0. The molecule has 12 heteroatoms. The number of nitro benzene ring substituents is 1. The molecule has 2 aromatic rings. The van der Waals surface area contributed by atoms with Crippen molar-refractivity contribution in [1.82, 2.24) is 0 Å². The van der Waals surface area contributed by atoms with Gasteiger partial charge < -0.3 is 18.7 Å². The first-order chi connectivity index (χ1) is 16.8. The molecule has 2 atom stereocenters. The zero-order valence-electron chi connectivity index (χ0n) is 20.0. The van der Waals surface area contributed by atoms with Gasteiger partial charge in [0.2, 0.25) is 5.75 Å². The standard InChI is InChI=1S/C24H26NO9P.Na/c1-30-24(23(33-34-24)18-10-15-9-16(12-18)13-19(23)11-15)17-5-4-6-20(14-17)31-35(28,29)32-22-8-3-2-7-21(22)25(26)27;/h2-8,14-16,18-19H,9-13H2,1H3,(H,28,29);/q;+1/p-1. The van der Waals surface area contributed by atoms with Crippen molar-refractivity contribution in [2.45, 2.75) is 43.5 Å². The molecular weight excluding hydrogens is 500 g/mol. The van der Waals surface area contributed by atoms with Gasteiger partial charge in [-0.1, -0.05) is 24.3 Å². The number of phosphoric acid groups is 1. The minimum Gasteiger partial charge on any atom is -0.736 e. The molecule has 186 valence electrons. The van der Waals surface area contributed by atoms with Gasteiger partial charge in [-0.25, -0.2) is 9.45 Å². The van der Waals surface area contributed by atoms with Crippen LogP contribution in [0.15, 0.2) is 48.5 Å². The number of para-hydroxylation sites is 2. The fraction of sp³-hybridized carbons (Fsp3) is 0.500. The van der Waals surface area contributed by atoms with Crippen molar-refractivity contribution in [1.29, 1.82) is 0 Å². The third-order valence-corrected chi connectivity index (χ3v) is 9.01. The molecule has 0 radical (unpaired) electrons. The minimum absolute atomic E-state index is 0. The van der Waals surface area contributed by atoms with E-state index in [1.807, 2.05) is 0 Å². The summed E-state index contributed by atoms with van der Waals surface area (Å²) in [6.07, 6.45) is 5.55. The topological polar surface area (TPSA) is 129 Å². The first kappa shape index (κ1) is 26.1. The van der Waals surface area contributed by atoms with Crippen LogP contribution in [0.2, 0.25) is 0 Å². The Labute approximate surface area is 230 Å². The van der Waals surface area contributed by atoms with E-state index in [4.69, 9.17) is 23.6 Å². The van der Waals surface area contributed by atoms with Crippen LogP contribution in [-0.2, 0) is 24.9 Å². The van der Waals surface area contributed by atoms with Crippen molar-refractivity contribution in [2.75, 3.05) is 7.11 Å². The SMILES string of the molecule is COC1(c2cccc(OP(=O)([O-])Oc3ccccc3[N+](=O)[O-])c2)OOC12C1CC3CC(C1)CC2C3.[Na+]. The fourth-order valence-corrected chi connectivity index (χ4v) is 7.87. The average Bonchev–Trinajstić information content (AvgIpc) is 2.78. The number of benzene rings is 2. The van der Waals surface area contributed by atoms with Crippen LogP contribution >= 0.6 is 7.82 Å². The Bertz CT molecular complexity index is 1190. The van der Waals surface area contributed by atoms with E-state index in [0.717, 1.165) is 31.7 Å². The van der Waals surface area contributed by atoms with Gasteiger partial charge in [0.1, 0.15) is 5.75 Å². The predicted octanol–water partition coefficient (Wildman–Crippen LogP) is 1.48. The number of rotatable bonds is 7. The molecule has 0 amide bonds. The summed E-state index contributed by atoms with van der Waals surface area (Å²) >= 11 is 0. The van der Waals surface area contributed by atoms with E-state index in [2.05, 4.69) is 0 Å². The Morgan fingerprint density at radius 3 is 2.22 bits per heavy atom. The second-order valence-corrected chi connectivity index (χ2v) is 11.2. The number of phosphoric ester groups is 1. The second kappa shape index (κ2) is 9.36. The molecule has 4 bridgehead atoms. The first-order valence-electron chi connectivity index (χ1n) is 11.7. The molecule has 36 heavy (non-hydrogen) atoms. The molecule has 0 N–H and O–H groups in total. The summed E-state index contributed by atoms with van der Waals surface area (Å²) in [5.74, 6) is 0.383. The van der Waals surface area contributed by atoms with Crippen molar-refractivity contribution < 1.29 is 67.5 Å². The number of hydrogen-bond acceptors (Lipinski definition) is 9. The van der Waals surface area contributed by atoms with Crippen LogP contribution in [0, 0.1) is 33.8 Å². The minimum atomic E-state index is -5.00. The Morgan fingerprint density at radius 1 is 0.972 bits per heavy atom. The number of methoxy groups -OCH3 is 1. The summed E-state index contributed by atoms with van der Waals surface area (Å²) in [5.41, 5.74) is -0.527. The van der Waals surface area contributed by atoms with Gasteiger partial charge in [0, 0.05) is 18.7 Å². The predicted molar refractivity (Wildman–Crippen MR) is 119 cm³/mol. The quantitative estimate of drug-likeness (QED) is 0.174. The van der Waals surface area contributed by atoms with Gasteiger partial charge in [0.15, 0.2) is 5.60 Å². The van der Waals surface area contributed by atoms with Gasteiger partial charge in [0.25, 0.3) is 5.79 Å². The molecule has 1 aliphatic heterocycles. The molecule has 0 aromatic heterocycles. The van der Waals surface area contributed by atoms with E-state index in [1.165, 1.54) is 36.8 Å². The molecule has 4 aliphatic carbocycles. The van der Waals surface area contributed by atoms with Crippen LogP contribution in [0.4, 0.5) is 5.69 Å². The smallest absolute Gasteiger partial charge is 0.736 e.